The molecule has 0 heterocycles. The molecule has 0 saturated heterocycles. The summed E-state index contributed by atoms with van der Waals surface area (Å²) < 4.78 is 0. The van der Waals surface area contributed by atoms with Crippen LogP contribution in [-0.2, 0) is 6.42 Å². The van der Waals surface area contributed by atoms with E-state index in [1.165, 1.54) is 12.0 Å². The Morgan fingerprint density at radius 2 is 1.82 bits per heavy atom. The standard InChI is InChI=1S/C16H27N/c1-5-11-17-13-16(4,14(2)3)12-15-9-7-6-8-10-15/h6-10,14,17H,5,11-13H2,1-4H3. The Balaban J connectivity index is 2.64. The van der Waals surface area contributed by atoms with E-state index in [4.69, 9.17) is 0 Å². The molecule has 1 unspecified atom stereocenters. The number of rotatable bonds is 7. The second-order valence-corrected chi connectivity index (χ2v) is 5.65. The van der Waals surface area contributed by atoms with Crippen LogP contribution in [0.25, 0.3) is 0 Å². The third-order valence-electron chi connectivity index (χ3n) is 3.80. The van der Waals surface area contributed by atoms with Crippen molar-refractivity contribution in [1.82, 2.24) is 5.32 Å². The summed E-state index contributed by atoms with van der Waals surface area (Å²) in [6.45, 7) is 11.5. The quantitative estimate of drug-likeness (QED) is 0.705. The molecule has 1 aromatic rings. The molecular formula is C16H27N. The zero-order valence-corrected chi connectivity index (χ0v) is 11.8. The van der Waals surface area contributed by atoms with E-state index in [2.05, 4.69) is 63.3 Å². The number of nitrogens with one attached hydrogen (secondary N) is 1. The van der Waals surface area contributed by atoms with Crippen LogP contribution >= 0.6 is 0 Å². The first-order valence-electron chi connectivity index (χ1n) is 6.83. The molecule has 0 aliphatic rings. The topological polar surface area (TPSA) is 12.0 Å². The Morgan fingerprint density at radius 1 is 1.18 bits per heavy atom. The Bertz CT molecular complexity index is 305. The molecule has 0 radical (unpaired) electrons. The predicted molar refractivity (Wildman–Crippen MR) is 76.3 cm³/mol. The maximum absolute atomic E-state index is 3.58. The lowest BCUT2D eigenvalue weighted by molar-refractivity contribution is 0.207. The summed E-state index contributed by atoms with van der Waals surface area (Å²) in [6, 6.07) is 10.8. The Kier molecular flexibility index (Phi) is 5.70. The highest BCUT2D eigenvalue weighted by Crippen LogP contribution is 2.30. The molecule has 0 aliphatic heterocycles. The van der Waals surface area contributed by atoms with Gasteiger partial charge in [0.15, 0.2) is 0 Å². The molecule has 0 amide bonds. The van der Waals surface area contributed by atoms with E-state index >= 15 is 0 Å². The van der Waals surface area contributed by atoms with Crippen LogP contribution in [-0.4, -0.2) is 13.1 Å². The highest BCUT2D eigenvalue weighted by molar-refractivity contribution is 5.16. The summed E-state index contributed by atoms with van der Waals surface area (Å²) in [7, 11) is 0. The van der Waals surface area contributed by atoms with Crippen molar-refractivity contribution in [2.45, 2.75) is 40.5 Å². The molecule has 96 valence electrons. The highest BCUT2D eigenvalue weighted by atomic mass is 14.9. The molecule has 1 nitrogen and oxygen atoms in total. The van der Waals surface area contributed by atoms with Crippen LogP contribution < -0.4 is 5.32 Å². The monoisotopic (exact) mass is 233 g/mol. The number of benzene rings is 1. The molecule has 1 heteroatoms. The van der Waals surface area contributed by atoms with Crippen molar-refractivity contribution in [3.8, 4) is 0 Å². The minimum Gasteiger partial charge on any atom is -0.316 e. The summed E-state index contributed by atoms with van der Waals surface area (Å²) in [5, 5.41) is 3.58. The second kappa shape index (κ2) is 6.80. The van der Waals surface area contributed by atoms with Gasteiger partial charge in [-0.25, -0.2) is 0 Å². The maximum Gasteiger partial charge on any atom is 0.00108 e. The molecule has 1 rings (SSSR count). The fraction of sp³-hybridized carbons (Fsp3) is 0.625. The molecule has 0 aromatic heterocycles. The van der Waals surface area contributed by atoms with Crippen molar-refractivity contribution < 1.29 is 0 Å². The number of hydrogen-bond donors (Lipinski definition) is 1. The lowest BCUT2D eigenvalue weighted by Crippen LogP contribution is -2.38. The zero-order chi connectivity index (χ0) is 12.7. The van der Waals surface area contributed by atoms with Gasteiger partial charge in [-0.3, -0.25) is 0 Å². The van der Waals surface area contributed by atoms with Crippen molar-refractivity contribution in [3.05, 3.63) is 35.9 Å². The molecular weight excluding hydrogens is 206 g/mol. The van der Waals surface area contributed by atoms with Gasteiger partial charge >= 0.3 is 0 Å². The molecule has 1 atom stereocenters. The van der Waals surface area contributed by atoms with Gasteiger partial charge in [-0.05, 0) is 36.3 Å². The summed E-state index contributed by atoms with van der Waals surface area (Å²) in [5.41, 5.74) is 1.79. The molecule has 0 saturated carbocycles. The third-order valence-corrected chi connectivity index (χ3v) is 3.80. The Labute approximate surface area is 107 Å². The Hall–Kier alpha value is -0.820. The van der Waals surface area contributed by atoms with Gasteiger partial charge in [0.05, 0.1) is 0 Å². The average Bonchev–Trinajstić information content (AvgIpc) is 2.30. The largest absolute Gasteiger partial charge is 0.316 e. The van der Waals surface area contributed by atoms with Gasteiger partial charge in [-0.15, -0.1) is 0 Å². The second-order valence-electron chi connectivity index (χ2n) is 5.65. The molecule has 1 aromatic carbocycles. The smallest absolute Gasteiger partial charge is 0.00108 e. The van der Waals surface area contributed by atoms with Gasteiger partial charge in [-0.1, -0.05) is 58.0 Å². The van der Waals surface area contributed by atoms with Gasteiger partial charge in [0, 0.05) is 6.54 Å². The van der Waals surface area contributed by atoms with Gasteiger partial charge in [0.25, 0.3) is 0 Å². The van der Waals surface area contributed by atoms with Crippen LogP contribution in [0.5, 0.6) is 0 Å². The van der Waals surface area contributed by atoms with E-state index in [0.29, 0.717) is 11.3 Å². The first-order valence-corrected chi connectivity index (χ1v) is 6.83. The summed E-state index contributed by atoms with van der Waals surface area (Å²) in [4.78, 5) is 0. The van der Waals surface area contributed by atoms with Crippen molar-refractivity contribution in [2.24, 2.45) is 11.3 Å². The maximum atomic E-state index is 3.58. The minimum atomic E-state index is 0.344. The zero-order valence-electron chi connectivity index (χ0n) is 11.8. The normalized spacial score (nSPS) is 14.9. The van der Waals surface area contributed by atoms with E-state index in [-0.39, 0.29) is 0 Å². The number of hydrogen-bond acceptors (Lipinski definition) is 1. The van der Waals surface area contributed by atoms with Gasteiger partial charge in [0.2, 0.25) is 0 Å². The van der Waals surface area contributed by atoms with Crippen LogP contribution in [0.15, 0.2) is 30.3 Å². The highest BCUT2D eigenvalue weighted by Gasteiger charge is 2.27. The van der Waals surface area contributed by atoms with Crippen LogP contribution in [0.3, 0.4) is 0 Å². The van der Waals surface area contributed by atoms with Gasteiger partial charge in [-0.2, -0.15) is 0 Å². The third kappa shape index (κ3) is 4.51. The first kappa shape index (κ1) is 14.2. The van der Waals surface area contributed by atoms with Crippen LogP contribution in [0.2, 0.25) is 0 Å². The molecule has 0 spiro atoms. The molecule has 1 N–H and O–H groups in total. The van der Waals surface area contributed by atoms with Crippen molar-refractivity contribution in [3.63, 3.8) is 0 Å². The van der Waals surface area contributed by atoms with E-state index in [1.807, 2.05) is 0 Å². The van der Waals surface area contributed by atoms with E-state index in [1.54, 1.807) is 0 Å². The average molecular weight is 233 g/mol. The van der Waals surface area contributed by atoms with E-state index < -0.39 is 0 Å². The van der Waals surface area contributed by atoms with Gasteiger partial charge in [0.1, 0.15) is 0 Å². The fourth-order valence-corrected chi connectivity index (χ4v) is 2.08. The fourth-order valence-electron chi connectivity index (χ4n) is 2.08. The van der Waals surface area contributed by atoms with Gasteiger partial charge < -0.3 is 5.32 Å². The van der Waals surface area contributed by atoms with Crippen molar-refractivity contribution in [1.29, 1.82) is 0 Å². The molecule has 0 fully saturated rings. The van der Waals surface area contributed by atoms with E-state index in [0.717, 1.165) is 19.5 Å². The van der Waals surface area contributed by atoms with Crippen molar-refractivity contribution in [2.75, 3.05) is 13.1 Å². The summed E-state index contributed by atoms with van der Waals surface area (Å²) in [5.74, 6) is 0.687. The predicted octanol–water partition coefficient (Wildman–Crippen LogP) is 3.89. The van der Waals surface area contributed by atoms with Crippen LogP contribution in [0.4, 0.5) is 0 Å². The lowest BCUT2D eigenvalue weighted by Gasteiger charge is -2.34. The van der Waals surface area contributed by atoms with E-state index in [9.17, 15) is 0 Å². The summed E-state index contributed by atoms with van der Waals surface area (Å²) >= 11 is 0. The molecule has 17 heavy (non-hydrogen) atoms. The van der Waals surface area contributed by atoms with Crippen LogP contribution in [0, 0.1) is 11.3 Å². The summed E-state index contributed by atoms with van der Waals surface area (Å²) in [6.07, 6.45) is 2.36. The lowest BCUT2D eigenvalue weighted by atomic mass is 9.74. The Morgan fingerprint density at radius 3 is 2.35 bits per heavy atom. The van der Waals surface area contributed by atoms with Crippen LogP contribution in [0.1, 0.15) is 39.7 Å². The minimum absolute atomic E-state index is 0.344. The molecule has 0 bridgehead atoms. The first-order chi connectivity index (χ1) is 8.08. The molecule has 0 aliphatic carbocycles. The van der Waals surface area contributed by atoms with Crippen molar-refractivity contribution >= 4 is 0 Å². The SMILES string of the molecule is CCCNCC(C)(Cc1ccccc1)C(C)C.